The molecule has 1 fully saturated rings. The Labute approximate surface area is 158 Å². The van der Waals surface area contributed by atoms with Crippen LogP contribution in [0.3, 0.4) is 0 Å². The molecule has 0 radical (unpaired) electrons. The molecule has 0 saturated carbocycles. The predicted molar refractivity (Wildman–Crippen MR) is 99.6 cm³/mol. The maximum absolute atomic E-state index is 12.5. The number of carbonyl (C=O) groups excluding carboxylic acids is 2. The van der Waals surface area contributed by atoms with Crippen LogP contribution in [0.15, 0.2) is 21.7 Å². The van der Waals surface area contributed by atoms with E-state index in [-0.39, 0.29) is 12.5 Å². The first-order valence-corrected chi connectivity index (χ1v) is 11.1. The Morgan fingerprint density at radius 1 is 1.31 bits per heavy atom. The van der Waals surface area contributed by atoms with E-state index in [0.717, 1.165) is 11.3 Å². The molecule has 0 aromatic carbocycles. The second-order valence-corrected chi connectivity index (χ2v) is 9.86. The summed E-state index contributed by atoms with van der Waals surface area (Å²) in [5, 5.41) is 6.72. The quantitative estimate of drug-likeness (QED) is 0.572. The van der Waals surface area contributed by atoms with Gasteiger partial charge >= 0.3 is 6.03 Å². The lowest BCUT2D eigenvalue weighted by Crippen LogP contribution is -3.15. The molecule has 1 saturated heterocycles. The van der Waals surface area contributed by atoms with Gasteiger partial charge in [-0.05, 0) is 23.8 Å². The molecule has 0 atom stereocenters. The van der Waals surface area contributed by atoms with E-state index in [9.17, 15) is 18.0 Å². The lowest BCUT2D eigenvalue weighted by molar-refractivity contribution is -0.895. The zero-order chi connectivity index (χ0) is 19.2. The molecule has 146 valence electrons. The van der Waals surface area contributed by atoms with E-state index in [1.807, 2.05) is 0 Å². The zero-order valence-electron chi connectivity index (χ0n) is 15.2. The van der Waals surface area contributed by atoms with Crippen LogP contribution in [0, 0.1) is 5.92 Å². The van der Waals surface area contributed by atoms with Crippen LogP contribution in [0.5, 0.6) is 0 Å². The number of imide groups is 1. The van der Waals surface area contributed by atoms with E-state index in [1.54, 1.807) is 17.5 Å². The Balaban J connectivity index is 1.73. The lowest BCUT2D eigenvalue weighted by atomic mass is 10.1. The summed E-state index contributed by atoms with van der Waals surface area (Å²) < 4.78 is 26.7. The highest BCUT2D eigenvalue weighted by Crippen LogP contribution is 2.20. The third-order valence-corrected chi connectivity index (χ3v) is 7.46. The topological polar surface area (TPSA) is 100 Å². The van der Waals surface area contributed by atoms with Crippen LogP contribution in [0.2, 0.25) is 0 Å². The van der Waals surface area contributed by atoms with E-state index in [2.05, 4.69) is 24.5 Å². The number of nitrogens with zero attached hydrogens (tertiary/aromatic N) is 1. The number of quaternary nitrogens is 1. The molecule has 26 heavy (non-hydrogen) atoms. The number of hydrogen-bond acceptors (Lipinski definition) is 5. The van der Waals surface area contributed by atoms with E-state index in [4.69, 9.17) is 0 Å². The predicted octanol–water partition coefficient (Wildman–Crippen LogP) is -0.491. The number of nitrogens with one attached hydrogen (secondary N) is 3. The van der Waals surface area contributed by atoms with Crippen molar-refractivity contribution in [1.29, 1.82) is 0 Å². The van der Waals surface area contributed by atoms with Crippen molar-refractivity contribution in [3.63, 3.8) is 0 Å². The van der Waals surface area contributed by atoms with Gasteiger partial charge in [-0.3, -0.25) is 10.1 Å². The number of hydrogen-bond donors (Lipinski definition) is 3. The fourth-order valence-corrected chi connectivity index (χ4v) is 5.26. The Morgan fingerprint density at radius 3 is 2.58 bits per heavy atom. The average molecular weight is 404 g/mol. The van der Waals surface area contributed by atoms with Crippen LogP contribution < -0.4 is 15.5 Å². The average Bonchev–Trinajstić information content (AvgIpc) is 3.10. The molecule has 3 N–H and O–H groups in total. The molecule has 1 aliphatic rings. The molecule has 2 rings (SSSR count). The highest BCUT2D eigenvalue weighted by atomic mass is 32.2. The minimum absolute atomic E-state index is 0.157. The first-order chi connectivity index (χ1) is 12.3. The summed E-state index contributed by atoms with van der Waals surface area (Å²) in [6.45, 7) is 6.61. The second kappa shape index (κ2) is 9.45. The summed E-state index contributed by atoms with van der Waals surface area (Å²) in [6, 6.07) is 2.84. The maximum Gasteiger partial charge on any atom is 0.321 e. The van der Waals surface area contributed by atoms with Gasteiger partial charge in [0.25, 0.3) is 15.9 Å². The van der Waals surface area contributed by atoms with Crippen molar-refractivity contribution < 1.29 is 22.9 Å². The maximum atomic E-state index is 12.5. The first kappa shape index (κ1) is 20.8. The summed E-state index contributed by atoms with van der Waals surface area (Å²) >= 11 is 1.20. The number of amides is 3. The Bertz CT molecular complexity index is 696. The third-order valence-electron chi connectivity index (χ3n) is 4.19. The van der Waals surface area contributed by atoms with Crippen molar-refractivity contribution in [2.45, 2.75) is 24.5 Å². The SMILES string of the molecule is CC(C)CCNC(=O)NC(=O)C[NH+]1CCN(S(=O)(=O)c2cccs2)CC1. The summed E-state index contributed by atoms with van der Waals surface area (Å²) in [5.74, 6) is 0.133. The van der Waals surface area contributed by atoms with Gasteiger partial charge in [-0.1, -0.05) is 19.9 Å². The van der Waals surface area contributed by atoms with Gasteiger partial charge < -0.3 is 10.2 Å². The number of sulfonamides is 1. The van der Waals surface area contributed by atoms with E-state index in [1.165, 1.54) is 15.6 Å². The second-order valence-electron chi connectivity index (χ2n) is 6.75. The summed E-state index contributed by atoms with van der Waals surface area (Å²) in [5.41, 5.74) is 0. The van der Waals surface area contributed by atoms with E-state index >= 15 is 0 Å². The van der Waals surface area contributed by atoms with E-state index < -0.39 is 16.1 Å². The van der Waals surface area contributed by atoms with Crippen molar-refractivity contribution in [3.8, 4) is 0 Å². The van der Waals surface area contributed by atoms with Gasteiger partial charge in [-0.25, -0.2) is 13.2 Å². The number of urea groups is 1. The van der Waals surface area contributed by atoms with Gasteiger partial charge in [0.1, 0.15) is 4.21 Å². The molecule has 0 bridgehead atoms. The molecule has 1 aromatic rings. The molecule has 1 aromatic heterocycles. The van der Waals surface area contributed by atoms with Crippen LogP contribution in [0.1, 0.15) is 20.3 Å². The highest BCUT2D eigenvalue weighted by Gasteiger charge is 2.31. The molecule has 1 aliphatic heterocycles. The smallest absolute Gasteiger partial charge is 0.321 e. The highest BCUT2D eigenvalue weighted by molar-refractivity contribution is 7.91. The fourth-order valence-electron chi connectivity index (χ4n) is 2.67. The third kappa shape index (κ3) is 6.04. The van der Waals surface area contributed by atoms with Crippen molar-refractivity contribution in [1.82, 2.24) is 14.9 Å². The van der Waals surface area contributed by atoms with Crippen LogP contribution in [0.4, 0.5) is 4.79 Å². The van der Waals surface area contributed by atoms with Crippen molar-refractivity contribution >= 4 is 33.3 Å². The number of piperazine rings is 1. The largest absolute Gasteiger partial charge is 0.338 e. The van der Waals surface area contributed by atoms with Crippen molar-refractivity contribution in [2.24, 2.45) is 5.92 Å². The van der Waals surface area contributed by atoms with Crippen molar-refractivity contribution in [3.05, 3.63) is 17.5 Å². The minimum Gasteiger partial charge on any atom is -0.338 e. The van der Waals surface area contributed by atoms with Gasteiger partial charge in [0, 0.05) is 6.54 Å². The number of rotatable bonds is 7. The van der Waals surface area contributed by atoms with Crippen LogP contribution in [0.25, 0.3) is 0 Å². The van der Waals surface area contributed by atoms with Gasteiger partial charge in [0.2, 0.25) is 0 Å². The zero-order valence-corrected chi connectivity index (χ0v) is 16.8. The lowest BCUT2D eigenvalue weighted by Gasteiger charge is -2.30. The van der Waals surface area contributed by atoms with Gasteiger partial charge in [-0.2, -0.15) is 4.31 Å². The van der Waals surface area contributed by atoms with E-state index in [0.29, 0.717) is 42.9 Å². The first-order valence-electron chi connectivity index (χ1n) is 8.74. The summed E-state index contributed by atoms with van der Waals surface area (Å²) in [4.78, 5) is 24.6. The molecule has 0 unspecified atom stereocenters. The van der Waals surface area contributed by atoms with Gasteiger partial charge in [0.05, 0.1) is 26.2 Å². The van der Waals surface area contributed by atoms with Gasteiger partial charge in [0.15, 0.2) is 6.54 Å². The van der Waals surface area contributed by atoms with Crippen LogP contribution >= 0.6 is 11.3 Å². The molecule has 0 aliphatic carbocycles. The monoisotopic (exact) mass is 403 g/mol. The number of carbonyl (C=O) groups is 2. The molecule has 10 heteroatoms. The van der Waals surface area contributed by atoms with Gasteiger partial charge in [-0.15, -0.1) is 11.3 Å². The molecular weight excluding hydrogens is 376 g/mol. The molecular formula is C16H27N4O4S2+. The number of thiophene rings is 1. The molecule has 8 nitrogen and oxygen atoms in total. The molecule has 2 heterocycles. The van der Waals surface area contributed by atoms with Crippen molar-refractivity contribution in [2.75, 3.05) is 39.3 Å². The van der Waals surface area contributed by atoms with Crippen LogP contribution in [-0.2, 0) is 14.8 Å². The molecule has 0 spiro atoms. The Morgan fingerprint density at radius 2 is 2.00 bits per heavy atom. The standard InChI is InChI=1S/C16H26N4O4S2/c1-13(2)5-6-17-16(22)18-14(21)12-19-7-9-20(10-8-19)26(23,24)15-4-3-11-25-15/h3-4,11,13H,5-10,12H2,1-2H3,(H2,17,18,21,22)/p+1. The molecule has 3 amide bonds. The fraction of sp³-hybridized carbons (Fsp3) is 0.625. The summed E-state index contributed by atoms with van der Waals surface area (Å²) in [7, 11) is -3.43. The normalized spacial score (nSPS) is 16.6. The minimum atomic E-state index is -3.43. The van der Waals surface area contributed by atoms with Crippen LogP contribution in [-0.4, -0.2) is 63.9 Å². The summed E-state index contributed by atoms with van der Waals surface area (Å²) in [6.07, 6.45) is 0.855. The Hall–Kier alpha value is -1.49. The Kier molecular flexibility index (Phi) is 7.56.